The highest BCUT2D eigenvalue weighted by Crippen LogP contribution is 2.24. The average molecular weight is 483 g/mol. The van der Waals surface area contributed by atoms with Crippen LogP contribution in [0.4, 0.5) is 14.5 Å². The number of hydrogen-bond donors (Lipinski definition) is 1. The first kappa shape index (κ1) is 20.9. The molecule has 8 heteroatoms. The number of imidazole rings is 1. The fraction of sp³-hybridized carbons (Fsp3) is 0.0870. The van der Waals surface area contributed by atoms with Crippen LogP contribution in [-0.2, 0) is 17.8 Å². The highest BCUT2D eigenvalue weighted by Gasteiger charge is 2.18. The number of amides is 1. The second kappa shape index (κ2) is 9.18. The molecule has 0 aliphatic heterocycles. The molecule has 2 aromatic carbocycles. The van der Waals surface area contributed by atoms with Crippen LogP contribution in [0.5, 0.6) is 0 Å². The third-order valence-electron chi connectivity index (χ3n) is 4.67. The average Bonchev–Trinajstić information content (AvgIpc) is 3.26. The monoisotopic (exact) mass is 482 g/mol. The molecule has 5 nitrogen and oxygen atoms in total. The van der Waals surface area contributed by atoms with Crippen LogP contribution in [0.3, 0.4) is 0 Å². The number of benzene rings is 2. The number of aromatic nitrogens is 3. The number of anilines is 1. The van der Waals surface area contributed by atoms with Gasteiger partial charge in [0.25, 0.3) is 0 Å². The van der Waals surface area contributed by atoms with E-state index < -0.39 is 11.6 Å². The molecule has 0 fully saturated rings. The Morgan fingerprint density at radius 2 is 1.68 bits per heavy atom. The van der Waals surface area contributed by atoms with E-state index in [9.17, 15) is 13.6 Å². The summed E-state index contributed by atoms with van der Waals surface area (Å²) in [5.41, 5.74) is 3.44. The van der Waals surface area contributed by atoms with Gasteiger partial charge in [-0.05, 0) is 63.0 Å². The Morgan fingerprint density at radius 3 is 2.32 bits per heavy atom. The maximum atomic E-state index is 13.7. The van der Waals surface area contributed by atoms with E-state index in [4.69, 9.17) is 0 Å². The number of aromatic amines is 1. The minimum Gasteiger partial charge on any atom is -0.345 e. The first-order chi connectivity index (χ1) is 15.0. The Labute approximate surface area is 185 Å². The summed E-state index contributed by atoms with van der Waals surface area (Å²) >= 11 is 3.35. The second-order valence-electron chi connectivity index (χ2n) is 6.96. The Kier molecular flexibility index (Phi) is 6.18. The zero-order chi connectivity index (χ0) is 21.8. The molecule has 0 saturated heterocycles. The number of H-pyrrole nitrogens is 1. The molecule has 2 aromatic heterocycles. The van der Waals surface area contributed by atoms with Crippen molar-refractivity contribution in [1.82, 2.24) is 15.0 Å². The molecule has 0 saturated carbocycles. The number of hydrogen-bond acceptors (Lipinski definition) is 3. The van der Waals surface area contributed by atoms with Crippen molar-refractivity contribution in [3.63, 3.8) is 0 Å². The maximum Gasteiger partial charge on any atom is 0.231 e. The molecule has 0 bridgehead atoms. The standard InChI is InChI=1S/C23H17BrF2N4O/c24-18-5-15(10-27-11-18)8-23(31)30(13-16-6-19(25)9-20(26)7-16)21-3-1-17(2-4-21)22-12-28-14-29-22/h1-7,9-12,14H,8,13H2,(H,28,29). The van der Waals surface area contributed by atoms with E-state index in [0.29, 0.717) is 11.3 Å². The van der Waals surface area contributed by atoms with E-state index in [-0.39, 0.29) is 18.9 Å². The third-order valence-corrected chi connectivity index (χ3v) is 5.10. The predicted octanol–water partition coefficient (Wildman–Crippen LogP) is 5.29. The molecular formula is C23H17BrF2N4O. The molecule has 2 heterocycles. The van der Waals surface area contributed by atoms with Crippen molar-refractivity contribution in [1.29, 1.82) is 0 Å². The summed E-state index contributed by atoms with van der Waals surface area (Å²) in [5.74, 6) is -1.60. The van der Waals surface area contributed by atoms with Crippen LogP contribution in [0.25, 0.3) is 11.3 Å². The molecule has 4 aromatic rings. The number of halogens is 3. The summed E-state index contributed by atoms with van der Waals surface area (Å²) in [6.45, 7) is 0.0261. The van der Waals surface area contributed by atoms with Crippen LogP contribution < -0.4 is 4.90 Å². The van der Waals surface area contributed by atoms with Gasteiger partial charge in [-0.3, -0.25) is 9.78 Å². The van der Waals surface area contributed by atoms with Gasteiger partial charge < -0.3 is 9.88 Å². The normalized spacial score (nSPS) is 10.8. The number of nitrogens with zero attached hydrogens (tertiary/aromatic N) is 3. The van der Waals surface area contributed by atoms with Gasteiger partial charge in [0.2, 0.25) is 5.91 Å². The highest BCUT2D eigenvalue weighted by atomic mass is 79.9. The first-order valence-electron chi connectivity index (χ1n) is 9.41. The molecule has 0 aliphatic rings. The van der Waals surface area contributed by atoms with Crippen LogP contribution >= 0.6 is 15.9 Å². The molecule has 1 amide bonds. The molecule has 0 spiro atoms. The molecule has 1 N–H and O–H groups in total. The van der Waals surface area contributed by atoms with Crippen molar-refractivity contribution in [2.45, 2.75) is 13.0 Å². The van der Waals surface area contributed by atoms with Crippen LogP contribution in [0.15, 0.2) is 77.9 Å². The van der Waals surface area contributed by atoms with Crippen LogP contribution in [0.2, 0.25) is 0 Å². The molecular weight excluding hydrogens is 466 g/mol. The molecule has 0 radical (unpaired) electrons. The van der Waals surface area contributed by atoms with Gasteiger partial charge >= 0.3 is 0 Å². The summed E-state index contributed by atoms with van der Waals surface area (Å²) in [5, 5.41) is 0. The highest BCUT2D eigenvalue weighted by molar-refractivity contribution is 9.10. The van der Waals surface area contributed by atoms with E-state index in [0.717, 1.165) is 27.4 Å². The van der Waals surface area contributed by atoms with Crippen molar-refractivity contribution >= 4 is 27.5 Å². The minimum atomic E-state index is -0.687. The zero-order valence-electron chi connectivity index (χ0n) is 16.2. The summed E-state index contributed by atoms with van der Waals surface area (Å²) in [7, 11) is 0. The zero-order valence-corrected chi connectivity index (χ0v) is 17.8. The third kappa shape index (κ3) is 5.21. The fourth-order valence-electron chi connectivity index (χ4n) is 3.27. The molecule has 0 unspecified atom stereocenters. The van der Waals surface area contributed by atoms with Crippen molar-refractivity contribution in [2.24, 2.45) is 0 Å². The molecule has 156 valence electrons. The Hall–Kier alpha value is -3.39. The Morgan fingerprint density at radius 1 is 0.935 bits per heavy atom. The minimum absolute atomic E-state index is 0.0261. The van der Waals surface area contributed by atoms with Crippen molar-refractivity contribution in [3.8, 4) is 11.3 Å². The number of nitrogens with one attached hydrogen (secondary N) is 1. The lowest BCUT2D eigenvalue weighted by atomic mass is 10.1. The largest absolute Gasteiger partial charge is 0.345 e. The van der Waals surface area contributed by atoms with Crippen LogP contribution in [0, 0.1) is 11.6 Å². The smallest absolute Gasteiger partial charge is 0.231 e. The van der Waals surface area contributed by atoms with Gasteiger partial charge in [-0.15, -0.1) is 0 Å². The second-order valence-corrected chi connectivity index (χ2v) is 7.87. The first-order valence-corrected chi connectivity index (χ1v) is 10.2. The quantitative estimate of drug-likeness (QED) is 0.406. The molecule has 0 aliphatic carbocycles. The molecule has 31 heavy (non-hydrogen) atoms. The SMILES string of the molecule is O=C(Cc1cncc(Br)c1)N(Cc1cc(F)cc(F)c1)c1ccc(-c2cnc[nH]2)cc1. The lowest BCUT2D eigenvalue weighted by Crippen LogP contribution is -2.32. The molecule has 0 atom stereocenters. The number of rotatable bonds is 6. The summed E-state index contributed by atoms with van der Waals surface area (Å²) in [4.78, 5) is 25.8. The van der Waals surface area contributed by atoms with Gasteiger partial charge in [0.15, 0.2) is 0 Å². The van der Waals surface area contributed by atoms with Gasteiger partial charge in [-0.25, -0.2) is 13.8 Å². The van der Waals surface area contributed by atoms with E-state index >= 15 is 0 Å². The van der Waals surface area contributed by atoms with E-state index in [1.807, 2.05) is 18.2 Å². The molecule has 4 rings (SSSR count). The van der Waals surface area contributed by atoms with Gasteiger partial charge in [0.1, 0.15) is 11.6 Å². The maximum absolute atomic E-state index is 13.7. The summed E-state index contributed by atoms with van der Waals surface area (Å²) in [6.07, 6.45) is 6.63. The summed E-state index contributed by atoms with van der Waals surface area (Å²) < 4.78 is 28.2. The lowest BCUT2D eigenvalue weighted by molar-refractivity contribution is -0.118. The van der Waals surface area contributed by atoms with Crippen molar-refractivity contribution in [2.75, 3.05) is 4.90 Å². The van der Waals surface area contributed by atoms with Gasteiger partial charge in [0, 0.05) is 28.6 Å². The lowest BCUT2D eigenvalue weighted by Gasteiger charge is -2.23. The van der Waals surface area contributed by atoms with Crippen molar-refractivity contribution in [3.05, 3.63) is 101 Å². The van der Waals surface area contributed by atoms with Gasteiger partial charge in [-0.1, -0.05) is 12.1 Å². The topological polar surface area (TPSA) is 61.9 Å². The predicted molar refractivity (Wildman–Crippen MR) is 117 cm³/mol. The van der Waals surface area contributed by atoms with Gasteiger partial charge in [-0.2, -0.15) is 0 Å². The van der Waals surface area contributed by atoms with Crippen LogP contribution in [0.1, 0.15) is 11.1 Å². The Bertz CT molecular complexity index is 1180. The van der Waals surface area contributed by atoms with Crippen LogP contribution in [-0.4, -0.2) is 20.9 Å². The van der Waals surface area contributed by atoms with E-state index in [2.05, 4.69) is 30.9 Å². The number of carbonyl (C=O) groups is 1. The van der Waals surface area contributed by atoms with Crippen molar-refractivity contribution < 1.29 is 13.6 Å². The van der Waals surface area contributed by atoms with E-state index in [1.54, 1.807) is 37.1 Å². The summed E-state index contributed by atoms with van der Waals surface area (Å²) in [6, 6.07) is 12.4. The fourth-order valence-corrected chi connectivity index (χ4v) is 3.68. The number of pyridine rings is 1. The van der Waals surface area contributed by atoms with Gasteiger partial charge in [0.05, 0.1) is 31.2 Å². The number of carbonyl (C=O) groups excluding carboxylic acids is 1. The van der Waals surface area contributed by atoms with E-state index in [1.165, 1.54) is 17.0 Å². The Balaban J connectivity index is 1.65.